The van der Waals surface area contributed by atoms with E-state index in [0.29, 0.717) is 6.04 Å². The normalized spacial score (nSPS) is 18.9. The van der Waals surface area contributed by atoms with Crippen molar-refractivity contribution in [2.24, 2.45) is 0 Å². The lowest BCUT2D eigenvalue weighted by atomic mass is 9.95. The van der Waals surface area contributed by atoms with Gasteiger partial charge < -0.3 is 4.57 Å². The van der Waals surface area contributed by atoms with Crippen molar-refractivity contribution in [3.63, 3.8) is 0 Å². The van der Waals surface area contributed by atoms with E-state index in [9.17, 15) is 0 Å². The van der Waals surface area contributed by atoms with Gasteiger partial charge in [-0.1, -0.05) is 25.3 Å². The topological polar surface area (TPSA) is 17.8 Å². The molecule has 0 aliphatic heterocycles. The highest BCUT2D eigenvalue weighted by Gasteiger charge is 2.23. The molecule has 0 bridgehead atoms. The van der Waals surface area contributed by atoms with E-state index in [-0.39, 0.29) is 5.38 Å². The van der Waals surface area contributed by atoms with E-state index in [1.807, 2.05) is 6.92 Å². The number of hydrogen-bond donors (Lipinski definition) is 0. The standard InChI is InChI=1S/C16H21ClN2/c1-11-8-9-14-15(10-11)19(16(18-14)12(2)17)13-6-4-3-5-7-13/h8-10,12-13H,3-7H2,1-2H3. The summed E-state index contributed by atoms with van der Waals surface area (Å²) in [6.45, 7) is 4.16. The average molecular weight is 277 g/mol. The van der Waals surface area contributed by atoms with E-state index in [2.05, 4.69) is 29.7 Å². The van der Waals surface area contributed by atoms with Gasteiger partial charge in [-0.25, -0.2) is 4.98 Å². The number of imidazole rings is 1. The smallest absolute Gasteiger partial charge is 0.127 e. The SMILES string of the molecule is Cc1ccc2nc(C(C)Cl)n(C3CCCCC3)c2c1. The minimum Gasteiger partial charge on any atom is -0.324 e. The first-order valence-electron chi connectivity index (χ1n) is 7.29. The van der Waals surface area contributed by atoms with Gasteiger partial charge in [-0.15, -0.1) is 11.6 Å². The Morgan fingerprint density at radius 3 is 2.68 bits per heavy atom. The van der Waals surface area contributed by atoms with Gasteiger partial charge in [0.25, 0.3) is 0 Å². The zero-order valence-corrected chi connectivity index (χ0v) is 12.5. The number of alkyl halides is 1. The summed E-state index contributed by atoms with van der Waals surface area (Å²) in [5.41, 5.74) is 3.63. The van der Waals surface area contributed by atoms with Crippen LogP contribution in [0.15, 0.2) is 18.2 Å². The second kappa shape index (κ2) is 5.16. The molecule has 1 aromatic carbocycles. The lowest BCUT2D eigenvalue weighted by Crippen LogP contribution is -2.15. The van der Waals surface area contributed by atoms with Crippen LogP contribution in [0, 0.1) is 6.92 Å². The van der Waals surface area contributed by atoms with Crippen molar-refractivity contribution in [3.05, 3.63) is 29.6 Å². The number of rotatable bonds is 2. The van der Waals surface area contributed by atoms with Gasteiger partial charge in [0.15, 0.2) is 0 Å². The van der Waals surface area contributed by atoms with E-state index >= 15 is 0 Å². The van der Waals surface area contributed by atoms with Crippen molar-refractivity contribution < 1.29 is 0 Å². The summed E-state index contributed by atoms with van der Waals surface area (Å²) in [7, 11) is 0. The van der Waals surface area contributed by atoms with Crippen molar-refractivity contribution in [1.82, 2.24) is 9.55 Å². The van der Waals surface area contributed by atoms with Gasteiger partial charge in [-0.3, -0.25) is 0 Å². The van der Waals surface area contributed by atoms with E-state index in [0.717, 1.165) is 11.3 Å². The molecule has 1 unspecified atom stereocenters. The molecule has 2 aromatic rings. The second-order valence-electron chi connectivity index (χ2n) is 5.74. The molecule has 0 amide bonds. The van der Waals surface area contributed by atoms with Crippen molar-refractivity contribution in [3.8, 4) is 0 Å². The molecule has 3 rings (SSSR count). The first-order valence-corrected chi connectivity index (χ1v) is 7.73. The van der Waals surface area contributed by atoms with Gasteiger partial charge in [-0.05, 0) is 44.4 Å². The molecule has 1 fully saturated rings. The van der Waals surface area contributed by atoms with Crippen LogP contribution in [-0.2, 0) is 0 Å². The summed E-state index contributed by atoms with van der Waals surface area (Å²) < 4.78 is 2.42. The number of aromatic nitrogens is 2. The Hall–Kier alpha value is -1.02. The fourth-order valence-corrected chi connectivity index (χ4v) is 3.38. The summed E-state index contributed by atoms with van der Waals surface area (Å²) in [5, 5.41) is -0.0327. The number of benzene rings is 1. The molecule has 0 saturated heterocycles. The van der Waals surface area contributed by atoms with Crippen molar-refractivity contribution in [2.45, 2.75) is 57.4 Å². The molecule has 1 aliphatic carbocycles. The van der Waals surface area contributed by atoms with Crippen LogP contribution in [0.3, 0.4) is 0 Å². The summed E-state index contributed by atoms with van der Waals surface area (Å²) in [5.74, 6) is 1.04. The monoisotopic (exact) mass is 276 g/mol. The van der Waals surface area contributed by atoms with Crippen molar-refractivity contribution >= 4 is 22.6 Å². The minimum atomic E-state index is -0.0327. The van der Waals surface area contributed by atoms with E-state index in [1.165, 1.54) is 43.2 Å². The van der Waals surface area contributed by atoms with Gasteiger partial charge in [0.2, 0.25) is 0 Å². The van der Waals surface area contributed by atoms with E-state index in [4.69, 9.17) is 16.6 Å². The van der Waals surface area contributed by atoms with Crippen LogP contribution >= 0.6 is 11.6 Å². The van der Waals surface area contributed by atoms with Crippen LogP contribution < -0.4 is 0 Å². The Labute approximate surface area is 119 Å². The number of hydrogen-bond acceptors (Lipinski definition) is 1. The molecule has 19 heavy (non-hydrogen) atoms. The maximum absolute atomic E-state index is 6.36. The van der Waals surface area contributed by atoms with Gasteiger partial charge in [-0.2, -0.15) is 0 Å². The van der Waals surface area contributed by atoms with Crippen LogP contribution in [0.2, 0.25) is 0 Å². The van der Waals surface area contributed by atoms with E-state index in [1.54, 1.807) is 0 Å². The molecule has 0 N–H and O–H groups in total. The molecule has 1 aliphatic rings. The first-order chi connectivity index (χ1) is 9.16. The second-order valence-corrected chi connectivity index (χ2v) is 6.39. The van der Waals surface area contributed by atoms with E-state index < -0.39 is 0 Å². The van der Waals surface area contributed by atoms with Crippen molar-refractivity contribution in [1.29, 1.82) is 0 Å². The third kappa shape index (κ3) is 2.38. The maximum Gasteiger partial charge on any atom is 0.127 e. The molecule has 1 aromatic heterocycles. The molecule has 102 valence electrons. The van der Waals surface area contributed by atoms with Crippen LogP contribution in [0.25, 0.3) is 11.0 Å². The third-order valence-electron chi connectivity index (χ3n) is 4.17. The Morgan fingerprint density at radius 1 is 1.26 bits per heavy atom. The average Bonchev–Trinajstić information content (AvgIpc) is 2.78. The maximum atomic E-state index is 6.36. The Morgan fingerprint density at radius 2 is 2.00 bits per heavy atom. The number of fused-ring (bicyclic) bond motifs is 1. The minimum absolute atomic E-state index is 0.0327. The van der Waals surface area contributed by atoms with Gasteiger partial charge in [0.05, 0.1) is 16.4 Å². The third-order valence-corrected chi connectivity index (χ3v) is 4.36. The Balaban J connectivity index is 2.17. The first kappa shape index (κ1) is 13.0. The largest absolute Gasteiger partial charge is 0.324 e. The fourth-order valence-electron chi connectivity index (χ4n) is 3.23. The van der Waals surface area contributed by atoms with Gasteiger partial charge >= 0.3 is 0 Å². The molecule has 1 atom stereocenters. The quantitative estimate of drug-likeness (QED) is 0.694. The molecule has 1 heterocycles. The number of aryl methyl sites for hydroxylation is 1. The number of nitrogens with zero attached hydrogens (tertiary/aromatic N) is 2. The lowest BCUT2D eigenvalue weighted by Gasteiger charge is -2.26. The summed E-state index contributed by atoms with van der Waals surface area (Å²) in [6.07, 6.45) is 6.54. The molecule has 0 radical (unpaired) electrons. The van der Waals surface area contributed by atoms with Crippen molar-refractivity contribution in [2.75, 3.05) is 0 Å². The lowest BCUT2D eigenvalue weighted by molar-refractivity contribution is 0.352. The van der Waals surface area contributed by atoms with Crippen LogP contribution in [-0.4, -0.2) is 9.55 Å². The fraction of sp³-hybridized carbons (Fsp3) is 0.562. The molecule has 0 spiro atoms. The highest BCUT2D eigenvalue weighted by molar-refractivity contribution is 6.20. The van der Waals surface area contributed by atoms with Crippen LogP contribution in [0.4, 0.5) is 0 Å². The van der Waals surface area contributed by atoms with Crippen LogP contribution in [0.5, 0.6) is 0 Å². The summed E-state index contributed by atoms with van der Waals surface area (Å²) in [6, 6.07) is 7.08. The van der Waals surface area contributed by atoms with Gasteiger partial charge in [0.1, 0.15) is 5.82 Å². The zero-order valence-electron chi connectivity index (χ0n) is 11.7. The Kier molecular flexibility index (Phi) is 3.53. The number of halogens is 1. The van der Waals surface area contributed by atoms with Crippen LogP contribution in [0.1, 0.15) is 61.8 Å². The summed E-state index contributed by atoms with van der Waals surface area (Å²) in [4.78, 5) is 4.76. The van der Waals surface area contributed by atoms with Gasteiger partial charge in [0, 0.05) is 6.04 Å². The highest BCUT2D eigenvalue weighted by atomic mass is 35.5. The zero-order chi connectivity index (χ0) is 13.4. The molecular formula is C16H21ClN2. The molecular weight excluding hydrogens is 256 g/mol. The summed E-state index contributed by atoms with van der Waals surface area (Å²) >= 11 is 6.36. The Bertz CT molecular complexity index is 580. The predicted molar refractivity (Wildman–Crippen MR) is 80.9 cm³/mol. The molecule has 1 saturated carbocycles. The highest BCUT2D eigenvalue weighted by Crippen LogP contribution is 2.35. The molecule has 3 heteroatoms. The predicted octanol–water partition coefficient (Wildman–Crippen LogP) is 5.15. The molecule has 2 nitrogen and oxygen atoms in total.